The quantitative estimate of drug-likeness (QED) is 0.771. The summed E-state index contributed by atoms with van der Waals surface area (Å²) in [7, 11) is 3.64. The van der Waals surface area contributed by atoms with E-state index in [1.54, 1.807) is 7.11 Å². The number of aromatic nitrogens is 4. The molecule has 0 spiro atoms. The molecule has 1 N–H and O–H groups in total. The molecule has 0 saturated carbocycles. The van der Waals surface area contributed by atoms with Gasteiger partial charge >= 0.3 is 0 Å². The van der Waals surface area contributed by atoms with Crippen LogP contribution in [0.5, 0.6) is 5.75 Å². The molecule has 1 aliphatic heterocycles. The van der Waals surface area contributed by atoms with Crippen LogP contribution in [0.2, 0.25) is 0 Å². The van der Waals surface area contributed by atoms with Crippen LogP contribution in [0.4, 0.5) is 0 Å². The highest BCUT2D eigenvalue weighted by molar-refractivity contribution is 5.93. The molecule has 3 heterocycles. The maximum absolute atomic E-state index is 13.0. The van der Waals surface area contributed by atoms with Gasteiger partial charge in [-0.1, -0.05) is 0 Å². The topological polar surface area (TPSA) is 76.0 Å². The molecule has 0 radical (unpaired) electrons. The van der Waals surface area contributed by atoms with E-state index in [4.69, 9.17) is 4.74 Å². The van der Waals surface area contributed by atoms with Crippen LogP contribution in [0.1, 0.15) is 35.1 Å². The second kappa shape index (κ2) is 7.26. The Kier molecular flexibility index (Phi) is 4.66. The van der Waals surface area contributed by atoms with Gasteiger partial charge in [0.25, 0.3) is 5.91 Å². The van der Waals surface area contributed by atoms with E-state index in [-0.39, 0.29) is 11.8 Å². The predicted octanol–water partition coefficient (Wildman–Crippen LogP) is 2.84. The molecule has 0 unspecified atom stereocenters. The summed E-state index contributed by atoms with van der Waals surface area (Å²) in [6.45, 7) is 1.44. The lowest BCUT2D eigenvalue weighted by Crippen LogP contribution is -2.39. The zero-order chi connectivity index (χ0) is 18.8. The number of methoxy groups -OCH3 is 1. The number of rotatable bonds is 4. The average molecular weight is 365 g/mol. The summed E-state index contributed by atoms with van der Waals surface area (Å²) in [5.41, 5.74) is 2.20. The molecule has 7 nitrogen and oxygen atoms in total. The number of hydrogen-bond donors (Lipinski definition) is 1. The molecule has 2 aromatic heterocycles. The van der Waals surface area contributed by atoms with Crippen LogP contribution in [-0.2, 0) is 7.05 Å². The lowest BCUT2D eigenvalue weighted by atomic mass is 9.97. The highest BCUT2D eigenvalue weighted by Gasteiger charge is 2.28. The normalized spacial score (nSPS) is 17.1. The molecule has 1 fully saturated rings. The third kappa shape index (κ3) is 3.45. The third-order valence-electron chi connectivity index (χ3n) is 5.13. The van der Waals surface area contributed by atoms with Gasteiger partial charge in [-0.05, 0) is 43.2 Å². The van der Waals surface area contributed by atoms with Gasteiger partial charge in [-0.25, -0.2) is 4.98 Å². The first-order valence-electron chi connectivity index (χ1n) is 9.12. The van der Waals surface area contributed by atoms with E-state index in [0.29, 0.717) is 12.2 Å². The minimum Gasteiger partial charge on any atom is -0.497 e. The van der Waals surface area contributed by atoms with E-state index in [9.17, 15) is 4.79 Å². The van der Waals surface area contributed by atoms with Crippen molar-refractivity contribution in [2.45, 2.75) is 18.8 Å². The highest BCUT2D eigenvalue weighted by atomic mass is 16.5. The number of likely N-dealkylation sites (tertiary alicyclic amines) is 1. The standard InChI is InChI=1S/C20H23N5O2/c1-24-11-9-21-19(24)15-4-3-10-25(13-15)20(26)18-12-17(22-23-18)14-5-7-16(27-2)8-6-14/h5-9,11-12,15H,3-4,10,13H2,1-2H3,(H,22,23)/t15-/m0/s1. The van der Waals surface area contributed by atoms with E-state index in [2.05, 4.69) is 15.2 Å². The van der Waals surface area contributed by atoms with E-state index in [1.807, 2.05) is 59.2 Å². The molecule has 1 atom stereocenters. The maximum atomic E-state index is 13.0. The summed E-state index contributed by atoms with van der Waals surface area (Å²) < 4.78 is 7.22. The minimum atomic E-state index is -0.0128. The van der Waals surface area contributed by atoms with Gasteiger partial charge in [0, 0.05) is 44.0 Å². The molecule has 4 rings (SSSR count). The Morgan fingerprint density at radius 1 is 1.30 bits per heavy atom. The van der Waals surface area contributed by atoms with E-state index < -0.39 is 0 Å². The number of aromatic amines is 1. The molecule has 140 valence electrons. The van der Waals surface area contributed by atoms with Crippen molar-refractivity contribution in [3.63, 3.8) is 0 Å². The Morgan fingerprint density at radius 3 is 2.81 bits per heavy atom. The SMILES string of the molecule is COc1ccc(-c2cc(C(=O)N3CCC[C@H](c4nccn4C)C3)[nH]n2)cc1. The number of carbonyl (C=O) groups excluding carboxylic acids is 1. The maximum Gasteiger partial charge on any atom is 0.271 e. The molecule has 0 bridgehead atoms. The molecular weight excluding hydrogens is 342 g/mol. The lowest BCUT2D eigenvalue weighted by Gasteiger charge is -2.32. The molecule has 1 aromatic carbocycles. The third-order valence-corrected chi connectivity index (χ3v) is 5.13. The molecule has 7 heteroatoms. The molecule has 0 aliphatic carbocycles. The van der Waals surface area contributed by atoms with E-state index in [1.165, 1.54) is 0 Å². The summed E-state index contributed by atoms with van der Waals surface area (Å²) in [4.78, 5) is 19.3. The second-order valence-corrected chi connectivity index (χ2v) is 6.88. The summed E-state index contributed by atoms with van der Waals surface area (Å²) in [5.74, 6) is 2.09. The zero-order valence-electron chi connectivity index (χ0n) is 15.6. The second-order valence-electron chi connectivity index (χ2n) is 6.88. The number of nitrogens with zero attached hydrogens (tertiary/aromatic N) is 4. The van der Waals surface area contributed by atoms with Crippen molar-refractivity contribution in [3.05, 3.63) is 54.2 Å². The van der Waals surface area contributed by atoms with Crippen LogP contribution in [0.15, 0.2) is 42.7 Å². The summed E-state index contributed by atoms with van der Waals surface area (Å²) in [6.07, 6.45) is 5.79. The first-order valence-corrected chi connectivity index (χ1v) is 9.12. The van der Waals surface area contributed by atoms with Crippen LogP contribution >= 0.6 is 0 Å². The number of H-pyrrole nitrogens is 1. The first kappa shape index (κ1) is 17.3. The fourth-order valence-corrected chi connectivity index (χ4v) is 3.65. The smallest absolute Gasteiger partial charge is 0.271 e. The number of carbonyl (C=O) groups is 1. The molecule has 27 heavy (non-hydrogen) atoms. The van der Waals surface area contributed by atoms with Gasteiger partial charge in [-0.2, -0.15) is 5.10 Å². The first-order chi connectivity index (χ1) is 13.2. The van der Waals surface area contributed by atoms with Crippen molar-refractivity contribution in [1.82, 2.24) is 24.6 Å². The Labute approximate surface area is 158 Å². The van der Waals surface area contributed by atoms with Gasteiger partial charge in [0.15, 0.2) is 0 Å². The van der Waals surface area contributed by atoms with Crippen molar-refractivity contribution < 1.29 is 9.53 Å². The van der Waals surface area contributed by atoms with Crippen LogP contribution in [0.3, 0.4) is 0 Å². The van der Waals surface area contributed by atoms with Crippen LogP contribution < -0.4 is 4.74 Å². The summed E-state index contributed by atoms with van der Waals surface area (Å²) in [6, 6.07) is 9.44. The molecule has 1 aliphatic rings. The molecule has 1 saturated heterocycles. The molecule has 1 amide bonds. The number of piperidine rings is 1. The number of hydrogen-bond acceptors (Lipinski definition) is 4. The van der Waals surface area contributed by atoms with Gasteiger partial charge in [-0.3, -0.25) is 9.89 Å². The van der Waals surface area contributed by atoms with Crippen molar-refractivity contribution in [3.8, 4) is 17.0 Å². The number of ether oxygens (including phenoxy) is 1. The fraction of sp³-hybridized carbons (Fsp3) is 0.350. The van der Waals surface area contributed by atoms with E-state index in [0.717, 1.165) is 42.2 Å². The predicted molar refractivity (Wildman–Crippen MR) is 102 cm³/mol. The zero-order valence-corrected chi connectivity index (χ0v) is 15.6. The average Bonchev–Trinajstić information content (AvgIpc) is 3.37. The van der Waals surface area contributed by atoms with Crippen molar-refractivity contribution in [1.29, 1.82) is 0 Å². The highest BCUT2D eigenvalue weighted by Crippen LogP contribution is 2.27. The van der Waals surface area contributed by atoms with Crippen LogP contribution in [-0.4, -0.2) is 50.8 Å². The lowest BCUT2D eigenvalue weighted by molar-refractivity contribution is 0.0697. The van der Waals surface area contributed by atoms with Crippen LogP contribution in [0.25, 0.3) is 11.3 Å². The number of imidazole rings is 1. The Hall–Kier alpha value is -3.09. The van der Waals surface area contributed by atoms with Gasteiger partial charge in [0.2, 0.25) is 0 Å². The van der Waals surface area contributed by atoms with Gasteiger partial charge < -0.3 is 14.2 Å². The summed E-state index contributed by atoms with van der Waals surface area (Å²) >= 11 is 0. The number of nitrogens with one attached hydrogen (secondary N) is 1. The Balaban J connectivity index is 1.49. The number of aryl methyl sites for hydroxylation is 1. The van der Waals surface area contributed by atoms with Crippen molar-refractivity contribution in [2.75, 3.05) is 20.2 Å². The Bertz CT molecular complexity index is 928. The number of amides is 1. The molecular formula is C20H23N5O2. The fourth-order valence-electron chi connectivity index (χ4n) is 3.65. The van der Waals surface area contributed by atoms with Gasteiger partial charge in [0.05, 0.1) is 12.8 Å². The minimum absolute atomic E-state index is 0.0128. The summed E-state index contributed by atoms with van der Waals surface area (Å²) in [5, 5.41) is 7.21. The Morgan fingerprint density at radius 2 is 2.11 bits per heavy atom. The monoisotopic (exact) mass is 365 g/mol. The molecule has 3 aromatic rings. The van der Waals surface area contributed by atoms with Crippen LogP contribution in [0, 0.1) is 0 Å². The van der Waals surface area contributed by atoms with Crippen molar-refractivity contribution >= 4 is 5.91 Å². The largest absolute Gasteiger partial charge is 0.497 e. The van der Waals surface area contributed by atoms with E-state index >= 15 is 0 Å². The van der Waals surface area contributed by atoms with Gasteiger partial charge in [0.1, 0.15) is 17.3 Å². The van der Waals surface area contributed by atoms with Crippen molar-refractivity contribution in [2.24, 2.45) is 7.05 Å². The number of benzene rings is 1. The van der Waals surface area contributed by atoms with Gasteiger partial charge in [-0.15, -0.1) is 0 Å².